The SMILES string of the molecule is CCOC(=O)c1ccc(NC(=O)C=C(C)C=CC=C(C)C=CC2=C(C)CCCC2(C)C)cc1. The van der Waals surface area contributed by atoms with Gasteiger partial charge < -0.3 is 10.1 Å². The third-order valence-electron chi connectivity index (χ3n) is 5.80. The smallest absolute Gasteiger partial charge is 0.338 e. The van der Waals surface area contributed by atoms with Crippen LogP contribution < -0.4 is 5.32 Å². The predicted molar refractivity (Wildman–Crippen MR) is 137 cm³/mol. The third kappa shape index (κ3) is 8.38. The summed E-state index contributed by atoms with van der Waals surface area (Å²) < 4.78 is 4.96. The second kappa shape index (κ2) is 12.2. The van der Waals surface area contributed by atoms with Crippen molar-refractivity contribution >= 4 is 17.6 Å². The van der Waals surface area contributed by atoms with Crippen molar-refractivity contribution in [2.75, 3.05) is 11.9 Å². The number of nitrogens with one attached hydrogen (secondary N) is 1. The van der Waals surface area contributed by atoms with Gasteiger partial charge in [0.05, 0.1) is 12.2 Å². The van der Waals surface area contributed by atoms with E-state index >= 15 is 0 Å². The zero-order valence-corrected chi connectivity index (χ0v) is 20.8. The third-order valence-corrected chi connectivity index (χ3v) is 5.80. The molecule has 1 aromatic rings. The second-order valence-corrected chi connectivity index (χ2v) is 9.21. The highest BCUT2D eigenvalue weighted by atomic mass is 16.5. The first-order chi connectivity index (χ1) is 15.6. The minimum Gasteiger partial charge on any atom is -0.462 e. The molecule has 0 fully saturated rings. The molecule has 0 spiro atoms. The Balaban J connectivity index is 1.94. The van der Waals surface area contributed by atoms with Crippen molar-refractivity contribution < 1.29 is 14.3 Å². The Morgan fingerprint density at radius 3 is 2.42 bits per heavy atom. The van der Waals surface area contributed by atoms with E-state index in [2.05, 4.69) is 45.2 Å². The fourth-order valence-corrected chi connectivity index (χ4v) is 3.97. The van der Waals surface area contributed by atoms with Crippen LogP contribution in [-0.4, -0.2) is 18.5 Å². The summed E-state index contributed by atoms with van der Waals surface area (Å²) in [5.74, 6) is -0.590. The second-order valence-electron chi connectivity index (χ2n) is 9.21. The molecule has 0 atom stereocenters. The fraction of sp³-hybridized carbons (Fsp3) is 0.379. The van der Waals surface area contributed by atoms with E-state index in [9.17, 15) is 9.59 Å². The van der Waals surface area contributed by atoms with Crippen LogP contribution in [0, 0.1) is 5.41 Å². The van der Waals surface area contributed by atoms with Gasteiger partial charge in [-0.05, 0) is 87.8 Å². The number of hydrogen-bond donors (Lipinski definition) is 1. The maximum Gasteiger partial charge on any atom is 0.338 e. The first-order valence-electron chi connectivity index (χ1n) is 11.6. The Hall–Kier alpha value is -3.14. The highest BCUT2D eigenvalue weighted by Crippen LogP contribution is 2.40. The molecule has 1 aliphatic rings. The van der Waals surface area contributed by atoms with E-state index in [0.29, 0.717) is 17.9 Å². The molecule has 0 radical (unpaired) electrons. The molecule has 0 bridgehead atoms. The zero-order valence-electron chi connectivity index (χ0n) is 20.8. The van der Waals surface area contributed by atoms with E-state index in [-0.39, 0.29) is 17.3 Å². The molecule has 0 unspecified atom stereocenters. The number of amides is 1. The first kappa shape index (κ1) is 26.1. The summed E-state index contributed by atoms with van der Waals surface area (Å²) in [4.78, 5) is 24.0. The van der Waals surface area contributed by atoms with E-state index in [0.717, 1.165) is 11.1 Å². The maximum absolute atomic E-state index is 12.3. The molecule has 4 heteroatoms. The molecule has 0 saturated carbocycles. The van der Waals surface area contributed by atoms with Crippen LogP contribution in [0.2, 0.25) is 0 Å². The number of allylic oxidation sites excluding steroid dienone is 9. The van der Waals surface area contributed by atoms with E-state index in [1.54, 1.807) is 37.3 Å². The maximum atomic E-state index is 12.3. The minimum atomic E-state index is -0.372. The number of rotatable bonds is 8. The summed E-state index contributed by atoms with van der Waals surface area (Å²) in [5.41, 5.74) is 6.26. The van der Waals surface area contributed by atoms with Crippen LogP contribution in [0.25, 0.3) is 0 Å². The largest absolute Gasteiger partial charge is 0.462 e. The Morgan fingerprint density at radius 1 is 1.09 bits per heavy atom. The Bertz CT molecular complexity index is 1000. The van der Waals surface area contributed by atoms with Gasteiger partial charge in [0.25, 0.3) is 0 Å². The molecule has 2 rings (SSSR count). The van der Waals surface area contributed by atoms with Crippen LogP contribution in [0.1, 0.15) is 71.2 Å². The average molecular weight is 448 g/mol. The molecule has 4 nitrogen and oxygen atoms in total. The molecule has 0 aliphatic heterocycles. The predicted octanol–water partition coefficient (Wildman–Crippen LogP) is 7.33. The van der Waals surface area contributed by atoms with Crippen molar-refractivity contribution in [3.63, 3.8) is 0 Å². The summed E-state index contributed by atoms with van der Waals surface area (Å²) in [6, 6.07) is 6.65. The Morgan fingerprint density at radius 2 is 1.79 bits per heavy atom. The molecule has 1 aromatic carbocycles. The lowest BCUT2D eigenvalue weighted by molar-refractivity contribution is -0.111. The summed E-state index contributed by atoms with van der Waals surface area (Å²) in [5, 5.41) is 2.81. The van der Waals surface area contributed by atoms with Crippen LogP contribution in [0.4, 0.5) is 5.69 Å². The van der Waals surface area contributed by atoms with Crippen molar-refractivity contribution in [1.82, 2.24) is 0 Å². The van der Waals surface area contributed by atoms with Crippen molar-refractivity contribution in [2.24, 2.45) is 5.41 Å². The van der Waals surface area contributed by atoms with Crippen LogP contribution >= 0.6 is 0 Å². The summed E-state index contributed by atoms with van der Waals surface area (Å²) in [6.07, 6.45) is 15.6. The van der Waals surface area contributed by atoms with Crippen molar-refractivity contribution in [2.45, 2.75) is 60.8 Å². The lowest BCUT2D eigenvalue weighted by Crippen LogP contribution is -2.19. The topological polar surface area (TPSA) is 55.4 Å². The van der Waals surface area contributed by atoms with Crippen LogP contribution in [0.3, 0.4) is 0 Å². The van der Waals surface area contributed by atoms with Gasteiger partial charge in [-0.2, -0.15) is 0 Å². The molecule has 1 amide bonds. The zero-order chi connectivity index (χ0) is 24.4. The summed E-state index contributed by atoms with van der Waals surface area (Å²) in [6.45, 7) is 12.9. The minimum absolute atomic E-state index is 0.219. The van der Waals surface area contributed by atoms with Crippen LogP contribution in [0.5, 0.6) is 0 Å². The van der Waals surface area contributed by atoms with Gasteiger partial charge in [-0.3, -0.25) is 4.79 Å². The van der Waals surface area contributed by atoms with E-state index in [1.807, 2.05) is 25.2 Å². The molecular weight excluding hydrogens is 410 g/mol. The normalized spacial score (nSPS) is 17.0. The van der Waals surface area contributed by atoms with Gasteiger partial charge in [-0.1, -0.05) is 55.4 Å². The van der Waals surface area contributed by atoms with Gasteiger partial charge in [0.15, 0.2) is 0 Å². The van der Waals surface area contributed by atoms with Gasteiger partial charge in [-0.25, -0.2) is 4.79 Å². The molecule has 33 heavy (non-hydrogen) atoms. The lowest BCUT2D eigenvalue weighted by Gasteiger charge is -2.32. The Kier molecular flexibility index (Phi) is 9.65. The number of benzene rings is 1. The highest BCUT2D eigenvalue weighted by Gasteiger charge is 2.26. The van der Waals surface area contributed by atoms with Gasteiger partial charge >= 0.3 is 5.97 Å². The van der Waals surface area contributed by atoms with Gasteiger partial charge in [0, 0.05) is 11.8 Å². The number of esters is 1. The number of ether oxygens (including phenoxy) is 1. The first-order valence-corrected chi connectivity index (χ1v) is 11.6. The average Bonchev–Trinajstić information content (AvgIpc) is 2.73. The van der Waals surface area contributed by atoms with Crippen LogP contribution in [-0.2, 0) is 9.53 Å². The van der Waals surface area contributed by atoms with Gasteiger partial charge in [-0.15, -0.1) is 0 Å². The van der Waals surface area contributed by atoms with Gasteiger partial charge in [0.2, 0.25) is 5.91 Å². The molecule has 0 aromatic heterocycles. The standard InChI is InChI=1S/C29H37NO3/c1-7-33-28(32)24-14-16-25(17-15-24)30-27(31)20-22(3)11-8-10-21(2)13-18-26-23(4)12-9-19-29(26,5)6/h8,10-11,13-18,20H,7,9,12,19H2,1-6H3,(H,30,31). The van der Waals surface area contributed by atoms with E-state index < -0.39 is 0 Å². The van der Waals surface area contributed by atoms with Crippen molar-refractivity contribution in [1.29, 1.82) is 0 Å². The number of hydrogen-bond acceptors (Lipinski definition) is 3. The summed E-state index contributed by atoms with van der Waals surface area (Å²) >= 11 is 0. The molecule has 0 saturated heterocycles. The molecule has 1 aliphatic carbocycles. The fourth-order valence-electron chi connectivity index (χ4n) is 3.97. The van der Waals surface area contributed by atoms with Crippen molar-refractivity contribution in [3.05, 3.63) is 88.6 Å². The summed E-state index contributed by atoms with van der Waals surface area (Å²) in [7, 11) is 0. The van der Waals surface area contributed by atoms with E-state index in [4.69, 9.17) is 4.74 Å². The highest BCUT2D eigenvalue weighted by molar-refractivity contribution is 6.00. The monoisotopic (exact) mass is 447 g/mol. The van der Waals surface area contributed by atoms with Crippen LogP contribution in [0.15, 0.2) is 83.0 Å². The molecule has 1 N–H and O–H groups in total. The Labute approximate surface area is 198 Å². The number of carbonyl (C=O) groups is 2. The molecule has 176 valence electrons. The molecular formula is C29H37NO3. The lowest BCUT2D eigenvalue weighted by atomic mass is 9.72. The number of carbonyl (C=O) groups excluding carboxylic acids is 2. The van der Waals surface area contributed by atoms with Crippen molar-refractivity contribution in [3.8, 4) is 0 Å². The number of anilines is 1. The quantitative estimate of drug-likeness (QED) is 0.258. The van der Waals surface area contributed by atoms with E-state index in [1.165, 1.54) is 30.4 Å². The van der Waals surface area contributed by atoms with Gasteiger partial charge in [0.1, 0.15) is 0 Å². The molecule has 0 heterocycles.